The maximum atomic E-state index is 13.3. The number of fused-ring (bicyclic) bond motifs is 1. The van der Waals surface area contributed by atoms with Crippen LogP contribution in [0.25, 0.3) is 10.8 Å². The van der Waals surface area contributed by atoms with Crippen LogP contribution in [0, 0.1) is 6.92 Å². The molecule has 4 rings (SSSR count). The molecule has 0 saturated carbocycles. The molecule has 4 aromatic rings. The van der Waals surface area contributed by atoms with Gasteiger partial charge in [0.2, 0.25) is 0 Å². The van der Waals surface area contributed by atoms with Crippen LogP contribution in [0.3, 0.4) is 0 Å². The first-order valence-corrected chi connectivity index (χ1v) is 10.4. The van der Waals surface area contributed by atoms with Crippen molar-refractivity contribution in [3.63, 3.8) is 0 Å². The molecule has 0 saturated heterocycles. The number of benzene rings is 3. The molecule has 0 aliphatic rings. The van der Waals surface area contributed by atoms with Gasteiger partial charge in [-0.15, -0.1) is 0 Å². The Labute approximate surface area is 186 Å². The summed E-state index contributed by atoms with van der Waals surface area (Å²) in [4.78, 5) is 25.2. The van der Waals surface area contributed by atoms with Gasteiger partial charge < -0.3 is 14.9 Å². The average molecular weight is 479 g/mol. The third kappa shape index (κ3) is 4.28. The zero-order valence-corrected chi connectivity index (χ0v) is 18.2. The lowest BCUT2D eigenvalue weighted by Gasteiger charge is -2.28. The lowest BCUT2D eigenvalue weighted by atomic mass is 9.86. The van der Waals surface area contributed by atoms with E-state index in [4.69, 9.17) is 4.52 Å². The summed E-state index contributed by atoms with van der Waals surface area (Å²) in [5.41, 5.74) is -0.109. The third-order valence-electron chi connectivity index (χ3n) is 5.13. The van der Waals surface area contributed by atoms with Crippen molar-refractivity contribution in [3.05, 3.63) is 105 Å². The standard InChI is InChI=1S/C24H19BrN2O4/c1-15-21-13-19(10-11-20(21)22(28)31-27-15)26-23(29)24(30,17-7-3-2-4-8-17)14-16-6-5-9-18(25)12-16/h2-13,30H,14H2,1H3,(H,26,29). The van der Waals surface area contributed by atoms with E-state index in [0.717, 1.165) is 10.0 Å². The fraction of sp³-hybridized carbons (Fsp3) is 0.125. The predicted molar refractivity (Wildman–Crippen MR) is 122 cm³/mol. The number of aromatic nitrogens is 1. The summed E-state index contributed by atoms with van der Waals surface area (Å²) in [7, 11) is 0. The number of carbonyl (C=O) groups excluding carboxylic acids is 1. The van der Waals surface area contributed by atoms with Gasteiger partial charge >= 0.3 is 5.63 Å². The van der Waals surface area contributed by atoms with Gasteiger partial charge in [0, 0.05) is 22.0 Å². The highest BCUT2D eigenvalue weighted by molar-refractivity contribution is 9.10. The van der Waals surface area contributed by atoms with Crippen molar-refractivity contribution in [2.75, 3.05) is 5.32 Å². The van der Waals surface area contributed by atoms with Crippen LogP contribution in [-0.4, -0.2) is 16.2 Å². The summed E-state index contributed by atoms with van der Waals surface area (Å²) >= 11 is 3.43. The molecular weight excluding hydrogens is 460 g/mol. The maximum Gasteiger partial charge on any atom is 0.366 e. The SMILES string of the molecule is Cc1noc(=O)c2ccc(NC(=O)C(O)(Cc3cccc(Br)c3)c3ccccc3)cc12. The number of aliphatic hydroxyl groups is 1. The van der Waals surface area contributed by atoms with Crippen LogP contribution in [0.15, 0.2) is 86.6 Å². The highest BCUT2D eigenvalue weighted by Gasteiger charge is 2.38. The fourth-order valence-corrected chi connectivity index (χ4v) is 3.96. The number of hydrogen-bond donors (Lipinski definition) is 2. The fourth-order valence-electron chi connectivity index (χ4n) is 3.51. The van der Waals surface area contributed by atoms with Crippen molar-refractivity contribution in [3.8, 4) is 0 Å². The van der Waals surface area contributed by atoms with Gasteiger partial charge in [-0.25, -0.2) is 4.79 Å². The molecule has 1 unspecified atom stereocenters. The number of hydrogen-bond acceptors (Lipinski definition) is 5. The quantitative estimate of drug-likeness (QED) is 0.445. The molecule has 1 amide bonds. The van der Waals surface area contributed by atoms with E-state index in [1.54, 1.807) is 49.4 Å². The summed E-state index contributed by atoms with van der Waals surface area (Å²) in [6.45, 7) is 1.71. The molecule has 2 N–H and O–H groups in total. The molecule has 0 fully saturated rings. The van der Waals surface area contributed by atoms with Crippen LogP contribution in [0.4, 0.5) is 5.69 Å². The van der Waals surface area contributed by atoms with E-state index in [1.807, 2.05) is 30.3 Å². The van der Waals surface area contributed by atoms with Crippen molar-refractivity contribution in [2.24, 2.45) is 0 Å². The van der Waals surface area contributed by atoms with Crippen molar-refractivity contribution >= 4 is 38.3 Å². The number of rotatable bonds is 5. The van der Waals surface area contributed by atoms with Crippen LogP contribution < -0.4 is 10.9 Å². The van der Waals surface area contributed by atoms with Crippen LogP contribution in [0.5, 0.6) is 0 Å². The lowest BCUT2D eigenvalue weighted by molar-refractivity contribution is -0.135. The minimum atomic E-state index is -1.81. The Balaban J connectivity index is 1.72. The van der Waals surface area contributed by atoms with Crippen molar-refractivity contribution in [1.82, 2.24) is 5.16 Å². The molecule has 1 aromatic heterocycles. The molecule has 0 radical (unpaired) electrons. The van der Waals surface area contributed by atoms with Gasteiger partial charge in [-0.05, 0) is 48.4 Å². The van der Waals surface area contributed by atoms with Gasteiger partial charge in [-0.3, -0.25) is 4.79 Å². The second-order valence-corrected chi connectivity index (χ2v) is 8.22. The number of amides is 1. The maximum absolute atomic E-state index is 13.3. The Kier molecular flexibility index (Phi) is 5.71. The molecule has 1 atom stereocenters. The molecule has 0 spiro atoms. The molecule has 7 heteroatoms. The average Bonchev–Trinajstić information content (AvgIpc) is 2.77. The number of aryl methyl sites for hydroxylation is 1. The van der Waals surface area contributed by atoms with Crippen LogP contribution >= 0.6 is 15.9 Å². The first-order valence-electron chi connectivity index (χ1n) is 9.61. The highest BCUT2D eigenvalue weighted by atomic mass is 79.9. The first-order chi connectivity index (χ1) is 14.9. The van der Waals surface area contributed by atoms with E-state index in [2.05, 4.69) is 26.4 Å². The second-order valence-electron chi connectivity index (χ2n) is 7.30. The highest BCUT2D eigenvalue weighted by Crippen LogP contribution is 2.29. The Morgan fingerprint density at radius 3 is 2.58 bits per heavy atom. The van der Waals surface area contributed by atoms with Gasteiger partial charge in [0.15, 0.2) is 5.60 Å². The van der Waals surface area contributed by atoms with Crippen molar-refractivity contribution < 1.29 is 14.4 Å². The molecule has 156 valence electrons. The second kappa shape index (κ2) is 8.45. The minimum Gasteiger partial charge on any atom is -0.375 e. The lowest BCUT2D eigenvalue weighted by Crippen LogP contribution is -2.42. The van der Waals surface area contributed by atoms with Gasteiger partial charge in [0.05, 0.1) is 11.1 Å². The summed E-state index contributed by atoms with van der Waals surface area (Å²) in [5, 5.41) is 19.0. The number of nitrogens with one attached hydrogen (secondary N) is 1. The summed E-state index contributed by atoms with van der Waals surface area (Å²) in [5.74, 6) is -0.577. The Bertz CT molecular complexity index is 1320. The third-order valence-corrected chi connectivity index (χ3v) is 5.62. The minimum absolute atomic E-state index is 0.0834. The number of carbonyl (C=O) groups is 1. The predicted octanol–water partition coefficient (Wildman–Crippen LogP) is 4.33. The van der Waals surface area contributed by atoms with Crippen molar-refractivity contribution in [2.45, 2.75) is 18.9 Å². The van der Waals surface area contributed by atoms with E-state index in [1.165, 1.54) is 0 Å². The van der Waals surface area contributed by atoms with Crippen LogP contribution in [-0.2, 0) is 16.8 Å². The first kappa shape index (κ1) is 21.0. The van der Waals surface area contributed by atoms with E-state index >= 15 is 0 Å². The zero-order chi connectivity index (χ0) is 22.0. The van der Waals surface area contributed by atoms with Gasteiger partial charge in [0.1, 0.15) is 0 Å². The Hall–Kier alpha value is -3.29. The molecule has 0 aliphatic heterocycles. The normalized spacial score (nSPS) is 13.0. The number of anilines is 1. The number of halogens is 1. The topological polar surface area (TPSA) is 92.4 Å². The van der Waals surface area contributed by atoms with E-state index in [-0.39, 0.29) is 6.42 Å². The Morgan fingerprint density at radius 1 is 1.06 bits per heavy atom. The molecule has 31 heavy (non-hydrogen) atoms. The molecule has 0 bridgehead atoms. The Morgan fingerprint density at radius 2 is 1.84 bits per heavy atom. The van der Waals surface area contributed by atoms with Crippen molar-refractivity contribution in [1.29, 1.82) is 0 Å². The smallest absolute Gasteiger partial charge is 0.366 e. The zero-order valence-electron chi connectivity index (χ0n) is 16.6. The van der Waals surface area contributed by atoms with Gasteiger partial charge in [0.25, 0.3) is 5.91 Å². The molecule has 0 aliphatic carbocycles. The molecule has 6 nitrogen and oxygen atoms in total. The van der Waals surface area contributed by atoms with E-state index < -0.39 is 17.1 Å². The van der Waals surface area contributed by atoms with Crippen LogP contribution in [0.1, 0.15) is 16.8 Å². The number of nitrogens with zero attached hydrogens (tertiary/aromatic N) is 1. The summed E-state index contributed by atoms with van der Waals surface area (Å²) in [6.07, 6.45) is 0.0834. The summed E-state index contributed by atoms with van der Waals surface area (Å²) in [6, 6.07) is 21.1. The molecular formula is C24H19BrN2O4. The van der Waals surface area contributed by atoms with Gasteiger partial charge in [-0.2, -0.15) is 0 Å². The summed E-state index contributed by atoms with van der Waals surface area (Å²) < 4.78 is 5.60. The monoisotopic (exact) mass is 478 g/mol. The van der Waals surface area contributed by atoms with E-state index in [0.29, 0.717) is 27.7 Å². The molecule has 1 heterocycles. The largest absolute Gasteiger partial charge is 0.375 e. The van der Waals surface area contributed by atoms with E-state index in [9.17, 15) is 14.7 Å². The molecule has 3 aromatic carbocycles. The van der Waals surface area contributed by atoms with Crippen LogP contribution in [0.2, 0.25) is 0 Å². The van der Waals surface area contributed by atoms with Gasteiger partial charge in [-0.1, -0.05) is 63.6 Å².